The van der Waals surface area contributed by atoms with Gasteiger partial charge < -0.3 is 33.8 Å². The molecule has 1 spiro atoms. The van der Waals surface area contributed by atoms with Crippen molar-refractivity contribution in [2.45, 2.75) is 83.5 Å². The molecule has 3 aliphatic heterocycles. The Labute approximate surface area is 258 Å². The molecule has 1 saturated heterocycles. The van der Waals surface area contributed by atoms with Gasteiger partial charge in [0.2, 0.25) is 18.0 Å². The van der Waals surface area contributed by atoms with E-state index in [1.54, 1.807) is 4.90 Å². The van der Waals surface area contributed by atoms with Gasteiger partial charge in [0.05, 0.1) is 18.4 Å². The summed E-state index contributed by atoms with van der Waals surface area (Å²) in [5.41, 5.74) is -1.57. The van der Waals surface area contributed by atoms with Gasteiger partial charge in [0.1, 0.15) is 17.2 Å². The van der Waals surface area contributed by atoms with E-state index in [1.807, 2.05) is 20.8 Å². The van der Waals surface area contributed by atoms with Gasteiger partial charge in [-0.1, -0.05) is 31.0 Å². The fraction of sp³-hybridized carbons (Fsp3) is 0.516. The normalized spacial score (nSPS) is 21.8. The lowest BCUT2D eigenvalue weighted by atomic mass is 9.84. The molecule has 1 aromatic heterocycles. The molecule has 1 aromatic carbocycles. The van der Waals surface area contributed by atoms with Gasteiger partial charge in [-0.15, -0.1) is 0 Å². The van der Waals surface area contributed by atoms with Crippen molar-refractivity contribution in [2.75, 3.05) is 19.9 Å². The molecule has 0 saturated carbocycles. The van der Waals surface area contributed by atoms with E-state index in [4.69, 9.17) is 19.0 Å². The first-order valence-corrected chi connectivity index (χ1v) is 15.0. The van der Waals surface area contributed by atoms with E-state index in [2.05, 4.69) is 10.5 Å². The van der Waals surface area contributed by atoms with Gasteiger partial charge in [-0.05, 0) is 39.2 Å². The number of rotatable bonds is 10. The second kappa shape index (κ2) is 13.2. The van der Waals surface area contributed by atoms with Crippen LogP contribution in [0.5, 0.6) is 5.75 Å². The fourth-order valence-electron chi connectivity index (χ4n) is 6.03. The number of benzene rings is 1. The maximum atomic E-state index is 14.3. The zero-order valence-electron chi connectivity index (χ0n) is 25.4. The van der Waals surface area contributed by atoms with Crippen molar-refractivity contribution in [2.24, 2.45) is 5.16 Å². The monoisotopic (exact) mass is 630 g/mol. The number of pyridine rings is 1. The summed E-state index contributed by atoms with van der Waals surface area (Å²) in [4.78, 5) is 60.9. The molecule has 1 N–H and O–H groups in total. The molecule has 5 rings (SSSR count). The first-order chi connectivity index (χ1) is 21.5. The Balaban J connectivity index is 1.50. The van der Waals surface area contributed by atoms with Gasteiger partial charge in [-0.3, -0.25) is 14.4 Å². The van der Waals surface area contributed by atoms with Crippen molar-refractivity contribution in [3.8, 4) is 5.75 Å². The first-order valence-electron chi connectivity index (χ1n) is 15.0. The fourth-order valence-corrected chi connectivity index (χ4v) is 6.03. The van der Waals surface area contributed by atoms with Crippen LogP contribution < -0.4 is 15.5 Å². The number of halogens is 2. The van der Waals surface area contributed by atoms with Gasteiger partial charge in [0.15, 0.2) is 11.3 Å². The average molecular weight is 631 g/mol. The highest BCUT2D eigenvalue weighted by Gasteiger charge is 2.54. The third-order valence-electron chi connectivity index (χ3n) is 8.47. The summed E-state index contributed by atoms with van der Waals surface area (Å²) in [6.07, 6.45) is 4.32. The zero-order chi connectivity index (χ0) is 32.3. The molecule has 14 heteroatoms. The summed E-state index contributed by atoms with van der Waals surface area (Å²) in [6, 6.07) is 2.15. The Morgan fingerprint density at radius 3 is 2.71 bits per heavy atom. The zero-order valence-corrected chi connectivity index (χ0v) is 25.4. The van der Waals surface area contributed by atoms with E-state index < -0.39 is 64.8 Å². The Morgan fingerprint density at radius 2 is 2.00 bits per heavy atom. The lowest BCUT2D eigenvalue weighted by Gasteiger charge is -2.42. The molecule has 45 heavy (non-hydrogen) atoms. The number of ether oxygens (including phenoxy) is 3. The van der Waals surface area contributed by atoms with Crippen LogP contribution in [0.3, 0.4) is 0 Å². The molecule has 3 atom stereocenters. The number of nitrogens with one attached hydrogen (secondary N) is 1. The maximum absolute atomic E-state index is 14.3. The Bertz CT molecular complexity index is 1580. The Kier molecular flexibility index (Phi) is 9.40. The lowest BCUT2D eigenvalue weighted by Crippen LogP contribution is -2.52. The van der Waals surface area contributed by atoms with Crippen LogP contribution in [0.2, 0.25) is 0 Å². The minimum atomic E-state index is -1.02. The van der Waals surface area contributed by atoms with Crippen LogP contribution in [0.1, 0.15) is 91.7 Å². The third-order valence-corrected chi connectivity index (χ3v) is 8.47. The van der Waals surface area contributed by atoms with Crippen molar-refractivity contribution in [1.29, 1.82) is 0 Å². The van der Waals surface area contributed by atoms with Crippen molar-refractivity contribution in [3.63, 3.8) is 0 Å². The second-order valence-electron chi connectivity index (χ2n) is 11.6. The second-order valence-corrected chi connectivity index (χ2v) is 11.6. The summed E-state index contributed by atoms with van der Waals surface area (Å²) in [6.45, 7) is 5.00. The highest BCUT2D eigenvalue weighted by Crippen LogP contribution is 2.46. The van der Waals surface area contributed by atoms with Gasteiger partial charge in [-0.2, -0.15) is 0 Å². The molecule has 3 aliphatic rings. The van der Waals surface area contributed by atoms with E-state index in [1.165, 1.54) is 16.8 Å². The molecule has 2 amide bonds. The van der Waals surface area contributed by atoms with Crippen molar-refractivity contribution in [1.82, 2.24) is 14.8 Å². The minimum absolute atomic E-state index is 0.000331. The minimum Gasteiger partial charge on any atom is -0.451 e. The number of amides is 2. The summed E-state index contributed by atoms with van der Waals surface area (Å²) < 4.78 is 44.8. The third kappa shape index (κ3) is 6.50. The average Bonchev–Trinajstić information content (AvgIpc) is 3.34. The molecule has 12 nitrogen and oxygen atoms in total. The van der Waals surface area contributed by atoms with E-state index in [0.717, 1.165) is 24.6 Å². The molecule has 242 valence electrons. The Morgan fingerprint density at radius 1 is 1.20 bits per heavy atom. The molecule has 0 aliphatic carbocycles. The highest BCUT2D eigenvalue weighted by molar-refractivity contribution is 5.99. The largest absolute Gasteiger partial charge is 0.511 e. The van der Waals surface area contributed by atoms with Crippen LogP contribution in [0, 0.1) is 11.6 Å². The van der Waals surface area contributed by atoms with Gasteiger partial charge >= 0.3 is 6.16 Å². The summed E-state index contributed by atoms with van der Waals surface area (Å²) in [5.74, 6) is -3.52. The van der Waals surface area contributed by atoms with Crippen LogP contribution in [-0.2, 0) is 20.9 Å². The van der Waals surface area contributed by atoms with E-state index >= 15 is 0 Å². The lowest BCUT2D eigenvalue weighted by molar-refractivity contribution is -0.0658. The highest BCUT2D eigenvalue weighted by atomic mass is 19.1. The van der Waals surface area contributed by atoms with Gasteiger partial charge in [-0.25, -0.2) is 13.6 Å². The summed E-state index contributed by atoms with van der Waals surface area (Å²) in [7, 11) is 0. The van der Waals surface area contributed by atoms with Gasteiger partial charge in [0, 0.05) is 43.4 Å². The predicted molar refractivity (Wildman–Crippen MR) is 156 cm³/mol. The van der Waals surface area contributed by atoms with Crippen molar-refractivity contribution in [3.05, 3.63) is 63.1 Å². The number of carbonyl (C=O) groups is 3. The van der Waals surface area contributed by atoms with Crippen LogP contribution in [0.25, 0.3) is 0 Å². The number of aromatic nitrogens is 1. The Hall–Kier alpha value is -4.49. The molecule has 0 radical (unpaired) electrons. The number of nitrogens with zero attached hydrogens (tertiary/aromatic N) is 3. The molecule has 2 aromatic rings. The summed E-state index contributed by atoms with van der Waals surface area (Å²) in [5, 5.41) is 6.68. The van der Waals surface area contributed by atoms with E-state index in [-0.39, 0.29) is 37.0 Å². The molecule has 2 bridgehead atoms. The van der Waals surface area contributed by atoms with E-state index in [9.17, 15) is 28.0 Å². The van der Waals surface area contributed by atoms with Crippen molar-refractivity contribution >= 4 is 23.7 Å². The smallest absolute Gasteiger partial charge is 0.451 e. The number of oxime groups is 1. The molecular weight excluding hydrogens is 594 g/mol. The van der Waals surface area contributed by atoms with E-state index in [0.29, 0.717) is 31.7 Å². The number of carbonyl (C=O) groups excluding carboxylic acids is 3. The standard InChI is InChI=1S/C31H36F2N4O8/c1-4-5-6-11-42-30(41)44-17-43-27-25-29(40)36-16-24(31(10-9-19(36)3)13-18(2)35-45-31)37(25)15-22(26(27)38)28(39)34-14-20-7-8-21(32)12-23(20)33/h7-8,12,15,19,24H,4-6,9-11,13-14,16-17H2,1-3H3,(H,34,39)/t19-,24+,31-/m0/s1. The molecule has 0 unspecified atom stereocenters. The number of hydrogen-bond acceptors (Lipinski definition) is 9. The van der Waals surface area contributed by atoms with Crippen LogP contribution in [0.4, 0.5) is 13.6 Å². The number of unbranched alkanes of at least 4 members (excludes halogenated alkanes) is 2. The predicted octanol–water partition coefficient (Wildman–Crippen LogP) is 4.45. The first kappa shape index (κ1) is 31.9. The van der Waals surface area contributed by atoms with Crippen LogP contribution in [-0.4, -0.2) is 64.7 Å². The molecular formula is C31H36F2N4O8. The molecule has 1 fully saturated rings. The quantitative estimate of drug-likeness (QED) is 0.231. The topological polar surface area (TPSA) is 138 Å². The van der Waals surface area contributed by atoms with Crippen molar-refractivity contribution < 1.29 is 42.2 Å². The van der Waals surface area contributed by atoms with Gasteiger partial charge in [0.25, 0.3) is 11.8 Å². The van der Waals surface area contributed by atoms with Crippen LogP contribution >= 0.6 is 0 Å². The number of hydrogen-bond donors (Lipinski definition) is 1. The van der Waals surface area contributed by atoms with Crippen LogP contribution in [0.15, 0.2) is 34.3 Å². The number of fused-ring (bicyclic) bond motifs is 5. The summed E-state index contributed by atoms with van der Waals surface area (Å²) >= 11 is 0. The molecule has 4 heterocycles. The SMILES string of the molecule is CCCCCOC(=O)OCOc1c2n(cc(C(=O)NCc3ccc(F)cc3F)c1=O)[C@@H]1CN(C2=O)[C@@H](C)CC[C@]12CC(C)=NO2. The maximum Gasteiger partial charge on any atom is 0.511 e.